The van der Waals surface area contributed by atoms with Crippen molar-refractivity contribution in [1.29, 1.82) is 0 Å². The molecule has 0 saturated heterocycles. The molecule has 0 saturated carbocycles. The molecule has 0 aliphatic rings. The minimum atomic E-state index is -5.14. The number of hydrogen-bond donors (Lipinski definition) is 2. The third-order valence-electron chi connectivity index (χ3n) is 3.81. The van der Waals surface area contributed by atoms with Gasteiger partial charge in [0, 0.05) is 12.1 Å². The van der Waals surface area contributed by atoms with Crippen LogP contribution in [0.1, 0.15) is 23.6 Å². The van der Waals surface area contributed by atoms with E-state index >= 15 is 0 Å². The first kappa shape index (κ1) is 18.0. The molecule has 0 heterocycles. The highest BCUT2D eigenvalue weighted by molar-refractivity contribution is 5.87. The van der Waals surface area contributed by atoms with Gasteiger partial charge >= 0.3 is 6.18 Å². The Morgan fingerprint density at radius 3 is 2.08 bits per heavy atom. The molecule has 0 aliphatic heterocycles. The van der Waals surface area contributed by atoms with Crippen molar-refractivity contribution in [3.05, 3.63) is 71.3 Å². The number of carbonyl (C=O) groups is 1. The maximum Gasteiger partial charge on any atom is 0.430 e. The first-order valence-corrected chi connectivity index (χ1v) is 7.49. The van der Waals surface area contributed by atoms with Gasteiger partial charge in [-0.3, -0.25) is 4.79 Å². The normalized spacial score (nSPS) is 14.0. The van der Waals surface area contributed by atoms with Crippen LogP contribution in [0.15, 0.2) is 54.6 Å². The SMILES string of the molecule is CCc1ccc(C(O)(C(=O)NCc2ccccc2)C(F)(F)F)cc1. The van der Waals surface area contributed by atoms with Crippen LogP contribution in [-0.4, -0.2) is 17.2 Å². The summed E-state index contributed by atoms with van der Waals surface area (Å²) in [6, 6.07) is 13.7. The number of aliphatic hydroxyl groups is 1. The molecule has 2 aromatic carbocycles. The van der Waals surface area contributed by atoms with Gasteiger partial charge in [0.15, 0.2) is 0 Å². The zero-order valence-corrected chi connectivity index (χ0v) is 13.1. The molecule has 128 valence electrons. The number of benzene rings is 2. The largest absolute Gasteiger partial charge is 0.430 e. The van der Waals surface area contributed by atoms with Crippen LogP contribution in [0.3, 0.4) is 0 Å². The molecule has 3 nitrogen and oxygen atoms in total. The number of amides is 1. The van der Waals surface area contributed by atoms with Crippen LogP contribution in [0.5, 0.6) is 0 Å². The number of rotatable bonds is 5. The summed E-state index contributed by atoms with van der Waals surface area (Å²) in [5, 5.41) is 12.4. The maximum absolute atomic E-state index is 13.4. The molecule has 2 N–H and O–H groups in total. The zero-order valence-electron chi connectivity index (χ0n) is 13.1. The summed E-state index contributed by atoms with van der Waals surface area (Å²) in [5.74, 6) is -1.50. The molecule has 2 aromatic rings. The van der Waals surface area contributed by atoms with E-state index in [4.69, 9.17) is 0 Å². The van der Waals surface area contributed by atoms with E-state index in [1.54, 1.807) is 30.3 Å². The molecule has 0 spiro atoms. The van der Waals surface area contributed by atoms with E-state index in [0.717, 1.165) is 17.7 Å². The van der Waals surface area contributed by atoms with Gasteiger partial charge in [0.05, 0.1) is 0 Å². The van der Waals surface area contributed by atoms with E-state index < -0.39 is 23.2 Å². The Morgan fingerprint density at radius 2 is 1.58 bits per heavy atom. The van der Waals surface area contributed by atoms with E-state index in [-0.39, 0.29) is 6.54 Å². The van der Waals surface area contributed by atoms with Gasteiger partial charge in [-0.1, -0.05) is 61.5 Å². The number of halogens is 3. The first-order valence-electron chi connectivity index (χ1n) is 7.49. The standard InChI is InChI=1S/C18H18F3NO2/c1-2-13-8-10-15(11-9-13)17(24,18(19,20)21)16(23)22-12-14-6-4-3-5-7-14/h3-11,24H,2,12H2,1H3,(H,22,23). The van der Waals surface area contributed by atoms with Crippen molar-refractivity contribution < 1.29 is 23.1 Å². The predicted molar refractivity (Wildman–Crippen MR) is 84.1 cm³/mol. The van der Waals surface area contributed by atoms with Gasteiger partial charge in [0.25, 0.3) is 11.5 Å². The van der Waals surface area contributed by atoms with Crippen LogP contribution < -0.4 is 5.32 Å². The molecular weight excluding hydrogens is 319 g/mol. The maximum atomic E-state index is 13.4. The Labute approximate surface area is 138 Å². The van der Waals surface area contributed by atoms with Gasteiger partial charge < -0.3 is 10.4 Å². The second-order valence-electron chi connectivity index (χ2n) is 5.43. The first-order chi connectivity index (χ1) is 11.3. The van der Waals surface area contributed by atoms with Crippen molar-refractivity contribution in [2.75, 3.05) is 0 Å². The molecule has 2 rings (SSSR count). The lowest BCUT2D eigenvalue weighted by molar-refractivity contribution is -0.257. The lowest BCUT2D eigenvalue weighted by atomic mass is 9.91. The third kappa shape index (κ3) is 3.59. The molecule has 0 bridgehead atoms. The van der Waals surface area contributed by atoms with E-state index in [2.05, 4.69) is 5.32 Å². The van der Waals surface area contributed by atoms with Crippen molar-refractivity contribution in [1.82, 2.24) is 5.32 Å². The summed E-state index contributed by atoms with van der Waals surface area (Å²) in [6.07, 6.45) is -4.49. The van der Waals surface area contributed by atoms with Crippen molar-refractivity contribution in [2.24, 2.45) is 0 Å². The van der Waals surface area contributed by atoms with Crippen LogP contribution in [0.2, 0.25) is 0 Å². The van der Waals surface area contributed by atoms with Crippen molar-refractivity contribution >= 4 is 5.91 Å². The number of hydrogen-bond acceptors (Lipinski definition) is 2. The Bertz CT molecular complexity index is 684. The van der Waals surface area contributed by atoms with Gasteiger partial charge in [0.2, 0.25) is 0 Å². The van der Waals surface area contributed by atoms with Gasteiger partial charge in [-0.25, -0.2) is 0 Å². The van der Waals surface area contributed by atoms with Crippen molar-refractivity contribution in [3.63, 3.8) is 0 Å². The number of alkyl halides is 3. The van der Waals surface area contributed by atoms with Gasteiger partial charge in [-0.15, -0.1) is 0 Å². The summed E-state index contributed by atoms with van der Waals surface area (Å²) in [6.45, 7) is 1.75. The van der Waals surface area contributed by atoms with Gasteiger partial charge in [0.1, 0.15) is 0 Å². The second-order valence-corrected chi connectivity index (χ2v) is 5.43. The summed E-state index contributed by atoms with van der Waals surface area (Å²) in [7, 11) is 0. The van der Waals surface area contributed by atoms with Gasteiger partial charge in [-0.2, -0.15) is 13.2 Å². The summed E-state index contributed by atoms with van der Waals surface area (Å²) >= 11 is 0. The van der Waals surface area contributed by atoms with E-state index in [0.29, 0.717) is 12.0 Å². The van der Waals surface area contributed by atoms with E-state index in [1.165, 1.54) is 12.1 Å². The highest BCUT2D eigenvalue weighted by Crippen LogP contribution is 2.39. The molecule has 1 amide bonds. The topological polar surface area (TPSA) is 49.3 Å². The summed E-state index contributed by atoms with van der Waals surface area (Å²) in [5.41, 5.74) is -2.64. The average Bonchev–Trinajstić information content (AvgIpc) is 2.59. The van der Waals surface area contributed by atoms with Crippen LogP contribution in [0.4, 0.5) is 13.2 Å². The fourth-order valence-electron chi connectivity index (χ4n) is 2.31. The molecular formula is C18H18F3NO2. The summed E-state index contributed by atoms with van der Waals surface area (Å²) < 4.78 is 40.3. The highest BCUT2D eigenvalue weighted by atomic mass is 19.4. The minimum absolute atomic E-state index is 0.106. The van der Waals surface area contributed by atoms with Crippen LogP contribution >= 0.6 is 0 Å². The lowest BCUT2D eigenvalue weighted by Crippen LogP contribution is -2.54. The summed E-state index contributed by atoms with van der Waals surface area (Å²) in [4.78, 5) is 12.2. The molecule has 1 atom stereocenters. The average molecular weight is 337 g/mol. The van der Waals surface area contributed by atoms with Crippen LogP contribution in [0, 0.1) is 0 Å². The Morgan fingerprint density at radius 1 is 1.00 bits per heavy atom. The molecule has 0 fully saturated rings. The van der Waals surface area contributed by atoms with Crippen molar-refractivity contribution in [2.45, 2.75) is 31.7 Å². The second kappa shape index (κ2) is 7.05. The monoisotopic (exact) mass is 337 g/mol. The van der Waals surface area contributed by atoms with E-state index in [9.17, 15) is 23.1 Å². The molecule has 6 heteroatoms. The Kier molecular flexibility index (Phi) is 5.29. The van der Waals surface area contributed by atoms with Crippen molar-refractivity contribution in [3.8, 4) is 0 Å². The molecule has 24 heavy (non-hydrogen) atoms. The Balaban J connectivity index is 2.27. The zero-order chi connectivity index (χ0) is 17.8. The molecule has 0 aromatic heterocycles. The fraction of sp³-hybridized carbons (Fsp3) is 0.278. The fourth-order valence-corrected chi connectivity index (χ4v) is 2.31. The lowest BCUT2D eigenvalue weighted by Gasteiger charge is -2.29. The van der Waals surface area contributed by atoms with Gasteiger partial charge in [-0.05, 0) is 17.5 Å². The highest BCUT2D eigenvalue weighted by Gasteiger charge is 2.60. The number of aryl methyl sites for hydroxylation is 1. The van der Waals surface area contributed by atoms with Crippen LogP contribution in [-0.2, 0) is 23.4 Å². The Hall–Kier alpha value is -2.34. The number of nitrogens with one attached hydrogen (secondary N) is 1. The molecule has 0 radical (unpaired) electrons. The predicted octanol–water partition coefficient (Wildman–Crippen LogP) is 3.32. The van der Waals surface area contributed by atoms with Crippen LogP contribution in [0.25, 0.3) is 0 Å². The minimum Gasteiger partial charge on any atom is -0.369 e. The quantitative estimate of drug-likeness (QED) is 0.879. The molecule has 0 aliphatic carbocycles. The van der Waals surface area contributed by atoms with E-state index in [1.807, 2.05) is 6.92 Å². The number of carbonyl (C=O) groups excluding carboxylic acids is 1. The molecule has 1 unspecified atom stereocenters. The third-order valence-corrected chi connectivity index (χ3v) is 3.81. The smallest absolute Gasteiger partial charge is 0.369 e.